The molecule has 0 aliphatic carbocycles. The van der Waals surface area contributed by atoms with Crippen LogP contribution in [0.4, 0.5) is 5.95 Å². The third kappa shape index (κ3) is 5.17. The number of nitrogens with zero attached hydrogens (tertiary/aromatic N) is 2. The lowest BCUT2D eigenvalue weighted by Gasteiger charge is -1.94. The molecule has 0 unspecified atom stereocenters. The van der Waals surface area contributed by atoms with Gasteiger partial charge < -0.3 is 5.73 Å². The summed E-state index contributed by atoms with van der Waals surface area (Å²) in [6.07, 6.45) is 6.30. The number of nitrogen functional groups attached to an aromatic ring is 1. The zero-order valence-corrected chi connectivity index (χ0v) is 9.33. The maximum absolute atomic E-state index is 10.6. The van der Waals surface area contributed by atoms with E-state index >= 15 is 0 Å². The Morgan fingerprint density at radius 1 is 1.67 bits per heavy atom. The van der Waals surface area contributed by atoms with E-state index in [9.17, 15) is 4.79 Å². The first-order valence-electron chi connectivity index (χ1n) is 4.57. The molecule has 1 heterocycles. The maximum Gasteiger partial charge on any atom is 0.220 e. The summed E-state index contributed by atoms with van der Waals surface area (Å²) >= 11 is 1.32. The first-order chi connectivity index (χ1) is 7.18. The van der Waals surface area contributed by atoms with E-state index in [2.05, 4.69) is 9.97 Å². The number of carbonyl (C=O) groups is 1. The molecule has 0 bridgehead atoms. The first kappa shape index (κ1) is 11.7. The van der Waals surface area contributed by atoms with Crippen LogP contribution in [0.15, 0.2) is 18.3 Å². The van der Waals surface area contributed by atoms with Crippen molar-refractivity contribution < 1.29 is 4.79 Å². The second-order valence-electron chi connectivity index (χ2n) is 2.87. The van der Waals surface area contributed by atoms with Crippen LogP contribution in [-0.4, -0.2) is 20.8 Å². The predicted molar refractivity (Wildman–Crippen MR) is 63.2 cm³/mol. The molecule has 15 heavy (non-hydrogen) atoms. The molecule has 1 aromatic heterocycles. The minimum atomic E-state index is 0.148. The third-order valence-electron chi connectivity index (χ3n) is 1.57. The lowest BCUT2D eigenvalue weighted by Crippen LogP contribution is -1.94. The van der Waals surface area contributed by atoms with Crippen LogP contribution >= 0.6 is 11.8 Å². The number of allylic oxidation sites excluding steroid dienone is 1. The fraction of sp³-hybridized carbons (Fsp3) is 0.300. The van der Waals surface area contributed by atoms with Gasteiger partial charge >= 0.3 is 0 Å². The van der Waals surface area contributed by atoms with Gasteiger partial charge in [0.15, 0.2) is 5.12 Å². The van der Waals surface area contributed by atoms with E-state index < -0.39 is 0 Å². The molecule has 0 aliphatic rings. The lowest BCUT2D eigenvalue weighted by molar-refractivity contribution is -0.109. The molecule has 0 atom stereocenters. The van der Waals surface area contributed by atoms with Gasteiger partial charge in [-0.15, -0.1) is 0 Å². The number of hydrogen-bond donors (Lipinski definition) is 1. The number of thioether (sulfide) groups is 1. The first-order valence-corrected chi connectivity index (χ1v) is 5.55. The van der Waals surface area contributed by atoms with Gasteiger partial charge in [0.2, 0.25) is 5.95 Å². The number of hydrogen-bond acceptors (Lipinski definition) is 5. The molecule has 0 radical (unpaired) electrons. The zero-order chi connectivity index (χ0) is 11.1. The van der Waals surface area contributed by atoms with Crippen molar-refractivity contribution in [3.63, 3.8) is 0 Å². The van der Waals surface area contributed by atoms with Gasteiger partial charge in [0.1, 0.15) is 0 Å². The molecule has 2 N–H and O–H groups in total. The summed E-state index contributed by atoms with van der Waals surface area (Å²) in [5, 5.41) is 0.148. The van der Waals surface area contributed by atoms with E-state index in [1.54, 1.807) is 19.2 Å². The van der Waals surface area contributed by atoms with Crippen molar-refractivity contribution in [1.82, 2.24) is 9.97 Å². The molecule has 0 aliphatic heterocycles. The Morgan fingerprint density at radius 2 is 2.47 bits per heavy atom. The summed E-state index contributed by atoms with van der Waals surface area (Å²) < 4.78 is 0. The van der Waals surface area contributed by atoms with Crippen LogP contribution in [0.1, 0.15) is 19.0 Å². The monoisotopic (exact) mass is 223 g/mol. The van der Waals surface area contributed by atoms with Crippen molar-refractivity contribution in [2.75, 3.05) is 11.5 Å². The van der Waals surface area contributed by atoms with E-state index in [1.807, 2.05) is 12.2 Å². The van der Waals surface area contributed by atoms with Crippen LogP contribution in [0.5, 0.6) is 0 Å². The van der Waals surface area contributed by atoms with Crippen LogP contribution in [0.25, 0.3) is 6.08 Å². The topological polar surface area (TPSA) is 68.9 Å². The van der Waals surface area contributed by atoms with Crippen molar-refractivity contribution in [2.45, 2.75) is 13.3 Å². The van der Waals surface area contributed by atoms with Gasteiger partial charge in [0.25, 0.3) is 0 Å². The summed E-state index contributed by atoms with van der Waals surface area (Å²) in [5.74, 6) is 1.07. The number of nitrogens with two attached hydrogens (primary N) is 1. The van der Waals surface area contributed by atoms with Crippen molar-refractivity contribution in [1.29, 1.82) is 0 Å². The molecule has 4 nitrogen and oxygen atoms in total. The van der Waals surface area contributed by atoms with Gasteiger partial charge in [0.05, 0.1) is 5.69 Å². The Bertz CT molecular complexity index is 365. The molecule has 0 saturated heterocycles. The highest BCUT2D eigenvalue weighted by atomic mass is 32.2. The molecule has 1 rings (SSSR count). The van der Waals surface area contributed by atoms with Gasteiger partial charge in [-0.05, 0) is 18.6 Å². The van der Waals surface area contributed by atoms with Crippen molar-refractivity contribution in [2.24, 2.45) is 0 Å². The second-order valence-corrected chi connectivity index (χ2v) is 4.14. The standard InChI is InChI=1S/C10H13N3OS/c1-8(14)15-7-3-2-4-9-5-6-12-10(11)13-9/h2,4-6H,3,7H2,1H3,(H2,11,12,13). The minimum Gasteiger partial charge on any atom is -0.368 e. The maximum atomic E-state index is 10.6. The van der Waals surface area contributed by atoms with Crippen molar-refractivity contribution in [3.8, 4) is 0 Å². The number of carbonyl (C=O) groups excluding carboxylic acids is 1. The van der Waals surface area contributed by atoms with Gasteiger partial charge in [0, 0.05) is 18.9 Å². The molecule has 0 aromatic carbocycles. The van der Waals surface area contributed by atoms with Gasteiger partial charge in [-0.1, -0.05) is 17.8 Å². The highest BCUT2D eigenvalue weighted by Gasteiger charge is 1.92. The lowest BCUT2D eigenvalue weighted by atomic mass is 10.3. The summed E-state index contributed by atoms with van der Waals surface area (Å²) in [6.45, 7) is 1.57. The quantitative estimate of drug-likeness (QED) is 0.787. The summed E-state index contributed by atoms with van der Waals surface area (Å²) in [7, 11) is 0. The molecule has 0 spiro atoms. The molecule has 5 heteroatoms. The van der Waals surface area contributed by atoms with E-state index in [4.69, 9.17) is 5.73 Å². The number of anilines is 1. The molecular formula is C10H13N3OS. The molecule has 1 aromatic rings. The molecule has 0 amide bonds. The minimum absolute atomic E-state index is 0.148. The average Bonchev–Trinajstić information content (AvgIpc) is 2.17. The summed E-state index contributed by atoms with van der Waals surface area (Å²) in [5.41, 5.74) is 6.21. The van der Waals surface area contributed by atoms with Crippen LogP contribution in [0.3, 0.4) is 0 Å². The van der Waals surface area contributed by atoms with Crippen LogP contribution in [0, 0.1) is 0 Å². The Morgan fingerprint density at radius 3 is 3.13 bits per heavy atom. The highest BCUT2D eigenvalue weighted by Crippen LogP contribution is 2.05. The molecular weight excluding hydrogens is 210 g/mol. The normalized spacial score (nSPS) is 10.7. The van der Waals surface area contributed by atoms with Gasteiger partial charge in [-0.2, -0.15) is 0 Å². The van der Waals surface area contributed by atoms with Crippen molar-refractivity contribution >= 4 is 28.9 Å². The zero-order valence-electron chi connectivity index (χ0n) is 8.51. The van der Waals surface area contributed by atoms with Crippen molar-refractivity contribution in [3.05, 3.63) is 24.0 Å². The Hall–Kier alpha value is -1.36. The average molecular weight is 223 g/mol. The van der Waals surface area contributed by atoms with Gasteiger partial charge in [-0.3, -0.25) is 4.79 Å². The fourth-order valence-electron chi connectivity index (χ4n) is 0.956. The fourth-order valence-corrected chi connectivity index (χ4v) is 1.50. The molecule has 0 fully saturated rings. The van der Waals surface area contributed by atoms with Crippen LogP contribution in [0.2, 0.25) is 0 Å². The largest absolute Gasteiger partial charge is 0.368 e. The summed E-state index contributed by atoms with van der Waals surface area (Å²) in [4.78, 5) is 18.4. The Kier molecular flexibility index (Phi) is 4.83. The Labute approximate surface area is 93.0 Å². The van der Waals surface area contributed by atoms with E-state index in [0.29, 0.717) is 0 Å². The van der Waals surface area contributed by atoms with Crippen LogP contribution < -0.4 is 5.73 Å². The smallest absolute Gasteiger partial charge is 0.220 e. The molecule has 0 saturated carbocycles. The van der Waals surface area contributed by atoms with Crippen LogP contribution in [-0.2, 0) is 4.79 Å². The number of rotatable bonds is 4. The predicted octanol–water partition coefficient (Wildman–Crippen LogP) is 1.74. The van der Waals surface area contributed by atoms with Gasteiger partial charge in [-0.25, -0.2) is 9.97 Å². The SMILES string of the molecule is CC(=O)SCCC=Cc1ccnc(N)n1. The highest BCUT2D eigenvalue weighted by molar-refractivity contribution is 8.13. The number of aromatic nitrogens is 2. The Balaban J connectivity index is 2.35. The summed E-state index contributed by atoms with van der Waals surface area (Å²) in [6, 6.07) is 1.78. The third-order valence-corrected chi connectivity index (χ3v) is 2.42. The van der Waals surface area contributed by atoms with E-state index in [-0.39, 0.29) is 11.1 Å². The van der Waals surface area contributed by atoms with E-state index in [0.717, 1.165) is 17.9 Å². The van der Waals surface area contributed by atoms with E-state index in [1.165, 1.54) is 11.8 Å². The molecule has 80 valence electrons. The second kappa shape index (κ2) is 6.19.